The Balaban J connectivity index is 0.00000176. The van der Waals surface area contributed by atoms with E-state index in [9.17, 15) is 4.79 Å². The molecule has 0 bridgehead atoms. The van der Waals surface area contributed by atoms with E-state index in [-0.39, 0.29) is 30.4 Å². The summed E-state index contributed by atoms with van der Waals surface area (Å²) in [7, 11) is 0. The lowest BCUT2D eigenvalue weighted by atomic mass is 10.00. The summed E-state index contributed by atoms with van der Waals surface area (Å²) in [4.78, 5) is 16.5. The van der Waals surface area contributed by atoms with E-state index >= 15 is 0 Å². The molecule has 1 fully saturated rings. The van der Waals surface area contributed by atoms with Crippen molar-refractivity contribution in [2.45, 2.75) is 31.8 Å². The van der Waals surface area contributed by atoms with Gasteiger partial charge in [0.15, 0.2) is 5.69 Å². The number of hydrogen-bond donors (Lipinski definition) is 2. The summed E-state index contributed by atoms with van der Waals surface area (Å²) in [6, 6.07) is 9.98. The first-order chi connectivity index (χ1) is 10.2. The van der Waals surface area contributed by atoms with E-state index in [1.165, 1.54) is 6.26 Å². The minimum atomic E-state index is -0.179. The van der Waals surface area contributed by atoms with Crippen LogP contribution < -0.4 is 10.6 Å². The van der Waals surface area contributed by atoms with E-state index in [0.29, 0.717) is 11.6 Å². The number of benzene rings is 1. The maximum Gasteiger partial charge on any atom is 0.273 e. The number of hydrogen-bond acceptors (Lipinski definition) is 4. The van der Waals surface area contributed by atoms with Crippen LogP contribution in [0.1, 0.15) is 30.3 Å². The van der Waals surface area contributed by atoms with Gasteiger partial charge in [-0.15, -0.1) is 12.4 Å². The van der Waals surface area contributed by atoms with Crippen molar-refractivity contribution < 1.29 is 9.21 Å². The average Bonchev–Trinajstić information content (AvgIpc) is 3.00. The lowest BCUT2D eigenvalue weighted by molar-refractivity contribution is 0.0915. The van der Waals surface area contributed by atoms with Gasteiger partial charge in [0.05, 0.1) is 0 Å². The molecule has 1 aromatic carbocycles. The van der Waals surface area contributed by atoms with Crippen molar-refractivity contribution in [3.05, 3.63) is 42.3 Å². The Hall–Kier alpha value is -1.85. The van der Waals surface area contributed by atoms with Crippen LogP contribution in [0.2, 0.25) is 0 Å². The van der Waals surface area contributed by atoms with Crippen LogP contribution in [-0.2, 0) is 0 Å². The van der Waals surface area contributed by atoms with Gasteiger partial charge in [-0.2, -0.15) is 0 Å². The molecule has 1 aliphatic heterocycles. The summed E-state index contributed by atoms with van der Waals surface area (Å²) < 4.78 is 5.40. The molecule has 0 saturated carbocycles. The third kappa shape index (κ3) is 3.67. The molecule has 5 nitrogen and oxygen atoms in total. The smallest absolute Gasteiger partial charge is 0.273 e. The van der Waals surface area contributed by atoms with Crippen molar-refractivity contribution in [1.82, 2.24) is 15.6 Å². The van der Waals surface area contributed by atoms with E-state index in [2.05, 4.69) is 22.5 Å². The summed E-state index contributed by atoms with van der Waals surface area (Å²) in [6.45, 7) is 3.10. The van der Waals surface area contributed by atoms with E-state index in [1.54, 1.807) is 0 Å². The maximum atomic E-state index is 12.2. The number of nitrogens with one attached hydrogen (secondary N) is 2. The fourth-order valence-corrected chi connectivity index (χ4v) is 2.57. The lowest BCUT2D eigenvalue weighted by Gasteiger charge is -2.30. The van der Waals surface area contributed by atoms with Crippen LogP contribution in [0.5, 0.6) is 0 Å². The van der Waals surface area contributed by atoms with Gasteiger partial charge >= 0.3 is 0 Å². The number of halogens is 1. The van der Waals surface area contributed by atoms with Gasteiger partial charge < -0.3 is 15.1 Å². The second kappa shape index (κ2) is 7.42. The molecular weight excluding hydrogens is 302 g/mol. The zero-order valence-electron chi connectivity index (χ0n) is 12.4. The molecule has 0 radical (unpaired) electrons. The molecule has 6 heteroatoms. The first-order valence-electron chi connectivity index (χ1n) is 7.29. The van der Waals surface area contributed by atoms with E-state index in [1.807, 2.05) is 30.3 Å². The standard InChI is InChI=1S/C16H19N3O2.ClH/c1-11-13(8-5-9-17-11)18-15(20)14-10-21-16(19-14)12-6-3-2-4-7-12;/h2-4,6-7,10-11,13,17H,5,8-9H2,1H3,(H,18,20);1H. The minimum Gasteiger partial charge on any atom is -0.444 e. The molecule has 2 unspecified atom stereocenters. The van der Waals surface area contributed by atoms with Gasteiger partial charge in [0.2, 0.25) is 5.89 Å². The molecule has 0 spiro atoms. The molecule has 2 heterocycles. The van der Waals surface area contributed by atoms with Crippen LogP contribution in [-0.4, -0.2) is 29.5 Å². The number of oxazole rings is 1. The fourth-order valence-electron chi connectivity index (χ4n) is 2.57. The fraction of sp³-hybridized carbons (Fsp3) is 0.375. The highest BCUT2D eigenvalue weighted by Gasteiger charge is 2.24. The Morgan fingerprint density at radius 3 is 2.86 bits per heavy atom. The monoisotopic (exact) mass is 321 g/mol. The van der Waals surface area contributed by atoms with Crippen molar-refractivity contribution in [2.75, 3.05) is 6.54 Å². The molecule has 2 N–H and O–H groups in total. The largest absolute Gasteiger partial charge is 0.444 e. The van der Waals surface area contributed by atoms with Crippen molar-refractivity contribution in [3.8, 4) is 11.5 Å². The van der Waals surface area contributed by atoms with Crippen molar-refractivity contribution in [3.63, 3.8) is 0 Å². The Bertz CT molecular complexity index is 615. The zero-order valence-corrected chi connectivity index (χ0v) is 13.2. The van der Waals surface area contributed by atoms with Crippen LogP contribution in [0.15, 0.2) is 41.0 Å². The molecule has 0 aliphatic carbocycles. The van der Waals surface area contributed by atoms with Gasteiger partial charge in [-0.05, 0) is 38.4 Å². The predicted octanol–water partition coefficient (Wildman–Crippen LogP) is 2.63. The average molecular weight is 322 g/mol. The highest BCUT2D eigenvalue weighted by molar-refractivity contribution is 5.92. The molecule has 1 saturated heterocycles. The molecule has 2 atom stereocenters. The summed E-state index contributed by atoms with van der Waals surface area (Å²) in [5, 5.41) is 6.39. The molecule has 118 valence electrons. The van der Waals surface area contributed by atoms with Crippen LogP contribution in [0.4, 0.5) is 0 Å². The molecule has 1 aliphatic rings. The summed E-state index contributed by atoms with van der Waals surface area (Å²) in [5.41, 5.74) is 1.19. The second-order valence-electron chi connectivity index (χ2n) is 5.37. The SMILES string of the molecule is CC1NCCCC1NC(=O)c1coc(-c2ccccc2)n1.Cl. The van der Waals surface area contributed by atoms with Crippen molar-refractivity contribution >= 4 is 18.3 Å². The van der Waals surface area contributed by atoms with E-state index in [0.717, 1.165) is 24.9 Å². The van der Waals surface area contributed by atoms with Crippen LogP contribution in [0.25, 0.3) is 11.5 Å². The van der Waals surface area contributed by atoms with Crippen molar-refractivity contribution in [2.24, 2.45) is 0 Å². The zero-order chi connectivity index (χ0) is 14.7. The number of aromatic nitrogens is 1. The van der Waals surface area contributed by atoms with Crippen LogP contribution >= 0.6 is 12.4 Å². The van der Waals surface area contributed by atoms with Gasteiger partial charge in [0, 0.05) is 17.6 Å². The van der Waals surface area contributed by atoms with Gasteiger partial charge in [0.1, 0.15) is 6.26 Å². The third-order valence-corrected chi connectivity index (χ3v) is 3.84. The Labute approximate surface area is 135 Å². The second-order valence-corrected chi connectivity index (χ2v) is 5.37. The highest BCUT2D eigenvalue weighted by Crippen LogP contribution is 2.18. The number of rotatable bonds is 3. The van der Waals surface area contributed by atoms with Crippen molar-refractivity contribution in [1.29, 1.82) is 0 Å². The number of nitrogens with zero attached hydrogens (tertiary/aromatic N) is 1. The van der Waals surface area contributed by atoms with E-state index in [4.69, 9.17) is 4.42 Å². The summed E-state index contributed by atoms with van der Waals surface area (Å²) >= 11 is 0. The van der Waals surface area contributed by atoms with Crippen LogP contribution in [0.3, 0.4) is 0 Å². The summed E-state index contributed by atoms with van der Waals surface area (Å²) in [5.74, 6) is 0.289. The highest BCUT2D eigenvalue weighted by atomic mass is 35.5. The molecule has 1 amide bonds. The number of carbonyl (C=O) groups is 1. The number of piperidine rings is 1. The molecular formula is C16H20ClN3O2. The number of carbonyl (C=O) groups excluding carboxylic acids is 1. The Morgan fingerprint density at radius 2 is 2.14 bits per heavy atom. The van der Waals surface area contributed by atoms with Gasteiger partial charge in [-0.1, -0.05) is 18.2 Å². The van der Waals surface area contributed by atoms with E-state index < -0.39 is 0 Å². The van der Waals surface area contributed by atoms with Gasteiger partial charge in [-0.3, -0.25) is 4.79 Å². The Kier molecular flexibility index (Phi) is 5.57. The Morgan fingerprint density at radius 1 is 1.36 bits per heavy atom. The lowest BCUT2D eigenvalue weighted by Crippen LogP contribution is -2.51. The van der Waals surface area contributed by atoms with Gasteiger partial charge in [-0.25, -0.2) is 4.98 Å². The maximum absolute atomic E-state index is 12.2. The number of amides is 1. The first kappa shape index (κ1) is 16.5. The molecule has 2 aromatic rings. The van der Waals surface area contributed by atoms with Gasteiger partial charge in [0.25, 0.3) is 5.91 Å². The topological polar surface area (TPSA) is 67.2 Å². The molecule has 22 heavy (non-hydrogen) atoms. The molecule has 1 aromatic heterocycles. The normalized spacial score (nSPS) is 21.0. The summed E-state index contributed by atoms with van der Waals surface area (Å²) in [6.07, 6.45) is 3.48. The minimum absolute atomic E-state index is 0. The first-order valence-corrected chi connectivity index (χ1v) is 7.29. The third-order valence-electron chi connectivity index (χ3n) is 3.84. The quantitative estimate of drug-likeness (QED) is 0.912. The molecule has 3 rings (SSSR count). The predicted molar refractivity (Wildman–Crippen MR) is 87.1 cm³/mol. The van der Waals surface area contributed by atoms with Crippen LogP contribution in [0, 0.1) is 0 Å².